The summed E-state index contributed by atoms with van der Waals surface area (Å²) in [5, 5.41) is 21.8. The zero-order valence-corrected chi connectivity index (χ0v) is 19.6. The molecule has 0 fully saturated rings. The van der Waals surface area contributed by atoms with Gasteiger partial charge in [0.05, 0.1) is 12.2 Å². The van der Waals surface area contributed by atoms with Gasteiger partial charge in [-0.15, -0.1) is 0 Å². The first-order valence-electron chi connectivity index (χ1n) is 11.2. The zero-order valence-electron chi connectivity index (χ0n) is 19.6. The van der Waals surface area contributed by atoms with Gasteiger partial charge in [0.2, 0.25) is 0 Å². The number of fused-ring (bicyclic) bond motifs is 1. The van der Waals surface area contributed by atoms with E-state index in [1.807, 2.05) is 12.1 Å². The lowest BCUT2D eigenvalue weighted by molar-refractivity contribution is 0.0697. The lowest BCUT2D eigenvalue weighted by atomic mass is 9.92. The first-order chi connectivity index (χ1) is 17.4. The fourth-order valence-corrected chi connectivity index (χ4v) is 3.90. The summed E-state index contributed by atoms with van der Waals surface area (Å²) >= 11 is 0. The van der Waals surface area contributed by atoms with Gasteiger partial charge in [-0.3, -0.25) is 10.2 Å². The van der Waals surface area contributed by atoms with Crippen molar-refractivity contribution in [3.8, 4) is 16.9 Å². The maximum atomic E-state index is 13.2. The number of carboxylic acids is 1. The Labute approximate surface area is 207 Å². The number of anilines is 1. The number of carboxylic acid groups (broad SMARTS) is 1. The van der Waals surface area contributed by atoms with E-state index in [0.29, 0.717) is 52.3 Å². The number of hydrogen-bond donors (Lipinski definition) is 4. The van der Waals surface area contributed by atoms with Crippen LogP contribution >= 0.6 is 0 Å². The van der Waals surface area contributed by atoms with Crippen LogP contribution in [0.1, 0.15) is 26.3 Å². The second-order valence-corrected chi connectivity index (χ2v) is 8.01. The monoisotopic (exact) mass is 483 g/mol. The van der Waals surface area contributed by atoms with E-state index in [1.54, 1.807) is 73.8 Å². The van der Waals surface area contributed by atoms with Crippen LogP contribution in [0.2, 0.25) is 0 Å². The summed E-state index contributed by atoms with van der Waals surface area (Å²) in [6.45, 7) is 0.733. The molecule has 4 rings (SSSR count). The number of hydrogen-bond acceptors (Lipinski definition) is 5. The summed E-state index contributed by atoms with van der Waals surface area (Å²) in [6, 6.07) is 22.3. The molecule has 1 amide bonds. The number of nitrogen functional groups attached to an aromatic ring is 1. The summed E-state index contributed by atoms with van der Waals surface area (Å²) in [6.07, 6.45) is 0. The predicted octanol–water partition coefficient (Wildman–Crippen LogP) is 4.77. The lowest BCUT2D eigenvalue weighted by Gasteiger charge is -2.15. The van der Waals surface area contributed by atoms with E-state index in [1.165, 1.54) is 0 Å². The van der Waals surface area contributed by atoms with Crippen LogP contribution in [0.4, 0.5) is 5.69 Å². The summed E-state index contributed by atoms with van der Waals surface area (Å²) in [7, 11) is 1.58. The largest absolute Gasteiger partial charge is 0.491 e. The molecule has 5 N–H and O–H groups in total. The van der Waals surface area contributed by atoms with Crippen molar-refractivity contribution in [2.45, 2.75) is 0 Å². The SMILES string of the molecule is COCCOc1cccc2cc(-c3ccccc3C(=O)Nc3ccc(C(=N)N)cc3)c(C(=O)O)cc12. The van der Waals surface area contributed by atoms with E-state index in [2.05, 4.69) is 5.32 Å². The van der Waals surface area contributed by atoms with Crippen molar-refractivity contribution in [3.63, 3.8) is 0 Å². The highest BCUT2D eigenvalue weighted by Gasteiger charge is 2.20. The third kappa shape index (κ3) is 5.18. The van der Waals surface area contributed by atoms with Crippen LogP contribution in [0.3, 0.4) is 0 Å². The molecular formula is C28H25N3O5. The number of amidine groups is 1. The van der Waals surface area contributed by atoms with Gasteiger partial charge in [-0.2, -0.15) is 0 Å². The van der Waals surface area contributed by atoms with Gasteiger partial charge < -0.3 is 25.6 Å². The molecule has 0 heterocycles. The first kappa shape index (κ1) is 24.4. The van der Waals surface area contributed by atoms with Crippen molar-refractivity contribution in [1.82, 2.24) is 0 Å². The second-order valence-electron chi connectivity index (χ2n) is 8.01. The van der Waals surface area contributed by atoms with E-state index in [4.69, 9.17) is 20.6 Å². The molecule has 0 unspecified atom stereocenters. The number of aromatic carboxylic acids is 1. The lowest BCUT2D eigenvalue weighted by Crippen LogP contribution is -2.14. The number of nitrogens with two attached hydrogens (primary N) is 1. The Bertz CT molecular complexity index is 1450. The number of benzene rings is 4. The van der Waals surface area contributed by atoms with E-state index in [9.17, 15) is 14.7 Å². The second kappa shape index (κ2) is 10.7. The molecule has 36 heavy (non-hydrogen) atoms. The number of carbonyl (C=O) groups is 2. The Balaban J connectivity index is 1.75. The van der Waals surface area contributed by atoms with Gasteiger partial charge in [0.15, 0.2) is 0 Å². The van der Waals surface area contributed by atoms with E-state index >= 15 is 0 Å². The van der Waals surface area contributed by atoms with Crippen molar-refractivity contribution in [2.24, 2.45) is 5.73 Å². The summed E-state index contributed by atoms with van der Waals surface area (Å²) in [4.78, 5) is 25.5. The maximum absolute atomic E-state index is 13.2. The van der Waals surface area contributed by atoms with Crippen LogP contribution in [-0.4, -0.2) is 43.1 Å². The summed E-state index contributed by atoms with van der Waals surface area (Å²) in [5.41, 5.74) is 7.84. The van der Waals surface area contributed by atoms with Crippen LogP contribution in [0.25, 0.3) is 21.9 Å². The fraction of sp³-hybridized carbons (Fsp3) is 0.107. The molecule has 0 saturated heterocycles. The molecular weight excluding hydrogens is 458 g/mol. The number of nitrogens with one attached hydrogen (secondary N) is 2. The highest BCUT2D eigenvalue weighted by Crippen LogP contribution is 2.35. The molecule has 0 saturated carbocycles. The van der Waals surface area contributed by atoms with E-state index in [0.717, 1.165) is 5.39 Å². The number of ether oxygens (including phenoxy) is 2. The van der Waals surface area contributed by atoms with Crippen LogP contribution < -0.4 is 15.8 Å². The Morgan fingerprint density at radius 1 is 0.917 bits per heavy atom. The highest BCUT2D eigenvalue weighted by molar-refractivity contribution is 6.12. The topological polar surface area (TPSA) is 135 Å². The third-order valence-corrected chi connectivity index (χ3v) is 5.67. The molecule has 0 spiro atoms. The molecule has 0 aromatic heterocycles. The van der Waals surface area contributed by atoms with E-state index in [-0.39, 0.29) is 11.4 Å². The Morgan fingerprint density at radius 3 is 2.36 bits per heavy atom. The average molecular weight is 484 g/mol. The molecule has 0 atom stereocenters. The summed E-state index contributed by atoms with van der Waals surface area (Å²) < 4.78 is 10.8. The van der Waals surface area contributed by atoms with Crippen molar-refractivity contribution in [3.05, 3.63) is 95.6 Å². The van der Waals surface area contributed by atoms with Gasteiger partial charge in [-0.1, -0.05) is 30.3 Å². The third-order valence-electron chi connectivity index (χ3n) is 5.67. The molecule has 0 bridgehead atoms. The van der Waals surface area contributed by atoms with Gasteiger partial charge in [-0.05, 0) is 65.0 Å². The first-order valence-corrected chi connectivity index (χ1v) is 11.2. The molecule has 8 heteroatoms. The minimum absolute atomic E-state index is 0.0522. The van der Waals surface area contributed by atoms with Gasteiger partial charge in [0.1, 0.15) is 18.2 Å². The molecule has 0 radical (unpaired) electrons. The smallest absolute Gasteiger partial charge is 0.336 e. The Hall–Kier alpha value is -4.69. The van der Waals surface area contributed by atoms with Crippen molar-refractivity contribution >= 4 is 34.2 Å². The van der Waals surface area contributed by atoms with Crippen LogP contribution in [0, 0.1) is 5.41 Å². The molecule has 182 valence electrons. The van der Waals surface area contributed by atoms with Crippen molar-refractivity contribution in [2.75, 3.05) is 25.6 Å². The zero-order chi connectivity index (χ0) is 25.7. The van der Waals surface area contributed by atoms with Gasteiger partial charge >= 0.3 is 5.97 Å². The van der Waals surface area contributed by atoms with Crippen LogP contribution in [0.5, 0.6) is 5.75 Å². The fourth-order valence-electron chi connectivity index (χ4n) is 3.90. The van der Waals surface area contributed by atoms with Crippen molar-refractivity contribution < 1.29 is 24.2 Å². The van der Waals surface area contributed by atoms with Crippen molar-refractivity contribution in [1.29, 1.82) is 5.41 Å². The average Bonchev–Trinajstić information content (AvgIpc) is 2.88. The molecule has 0 aliphatic heterocycles. The highest BCUT2D eigenvalue weighted by atomic mass is 16.5. The summed E-state index contributed by atoms with van der Waals surface area (Å²) in [5.74, 6) is -1.02. The van der Waals surface area contributed by atoms with Gasteiger partial charge in [-0.25, -0.2) is 4.79 Å². The molecule has 8 nitrogen and oxygen atoms in total. The molecule has 4 aromatic rings. The minimum Gasteiger partial charge on any atom is -0.491 e. The van der Waals surface area contributed by atoms with Crippen LogP contribution in [-0.2, 0) is 4.74 Å². The number of carbonyl (C=O) groups excluding carboxylic acids is 1. The Morgan fingerprint density at radius 2 is 1.67 bits per heavy atom. The Kier molecular flexibility index (Phi) is 7.27. The number of rotatable bonds is 9. The van der Waals surface area contributed by atoms with Crippen LogP contribution in [0.15, 0.2) is 78.9 Å². The standard InChI is InChI=1S/C28H25N3O5/c1-35-13-14-36-25-8-4-5-18-15-23(24(28(33)34)16-22(18)25)20-6-2-3-7-21(20)27(32)31-19-11-9-17(10-12-19)26(29)30/h2-12,15-16H,13-14H2,1H3,(H3,29,30)(H,31,32)(H,33,34). The molecule has 4 aromatic carbocycles. The van der Waals surface area contributed by atoms with Gasteiger partial charge in [0, 0.05) is 29.3 Å². The molecule has 0 aliphatic carbocycles. The normalized spacial score (nSPS) is 10.7. The number of amides is 1. The minimum atomic E-state index is -1.12. The molecule has 0 aliphatic rings. The predicted molar refractivity (Wildman–Crippen MR) is 139 cm³/mol. The van der Waals surface area contributed by atoms with E-state index < -0.39 is 11.9 Å². The quantitative estimate of drug-likeness (QED) is 0.154. The van der Waals surface area contributed by atoms with Gasteiger partial charge in [0.25, 0.3) is 5.91 Å². The maximum Gasteiger partial charge on any atom is 0.336 e. The number of methoxy groups -OCH3 is 1.